The summed E-state index contributed by atoms with van der Waals surface area (Å²) in [4.78, 5) is 10.4. The van der Waals surface area contributed by atoms with Gasteiger partial charge in [0.2, 0.25) is 0 Å². The van der Waals surface area contributed by atoms with Crippen LogP contribution in [0.25, 0.3) is 0 Å². The van der Waals surface area contributed by atoms with Crippen LogP contribution in [0.1, 0.15) is 18.0 Å². The second kappa shape index (κ2) is 6.68. The third kappa shape index (κ3) is 3.18. The van der Waals surface area contributed by atoms with E-state index < -0.39 is 4.92 Å². The molecule has 1 unspecified atom stereocenters. The van der Waals surface area contributed by atoms with Crippen LogP contribution in [0.5, 0.6) is 11.5 Å². The zero-order valence-corrected chi connectivity index (χ0v) is 13.9. The van der Waals surface area contributed by atoms with Crippen molar-refractivity contribution in [3.05, 3.63) is 58.1 Å². The van der Waals surface area contributed by atoms with Crippen LogP contribution in [0.2, 0.25) is 0 Å². The minimum atomic E-state index is -0.433. The molecule has 2 N–H and O–H groups in total. The Bertz CT molecular complexity index is 820. The number of benzene rings is 2. The number of nitrogens with zero attached hydrogens (tertiary/aromatic N) is 3. The van der Waals surface area contributed by atoms with Gasteiger partial charge in [0.25, 0.3) is 5.69 Å². The van der Waals surface area contributed by atoms with Crippen molar-refractivity contribution in [2.75, 3.05) is 19.2 Å². The van der Waals surface area contributed by atoms with Crippen LogP contribution in [0, 0.1) is 10.1 Å². The van der Waals surface area contributed by atoms with E-state index in [0.29, 0.717) is 23.8 Å². The summed E-state index contributed by atoms with van der Waals surface area (Å²) in [6.07, 6.45) is 0.548. The first-order chi connectivity index (χ1) is 12.0. The van der Waals surface area contributed by atoms with Gasteiger partial charge in [0.05, 0.1) is 30.9 Å². The molecule has 0 saturated heterocycles. The SMILES string of the molecule is COc1ccc(C2CC(N)=NN2c2ccc([N+](=O)[O-])cc2)cc1OC. The first kappa shape index (κ1) is 16.6. The van der Waals surface area contributed by atoms with Gasteiger partial charge in [0, 0.05) is 18.6 Å². The van der Waals surface area contributed by atoms with E-state index in [4.69, 9.17) is 15.2 Å². The van der Waals surface area contributed by atoms with Crippen molar-refractivity contribution in [1.82, 2.24) is 0 Å². The fraction of sp³-hybridized carbons (Fsp3) is 0.235. The predicted octanol–water partition coefficient (Wildman–Crippen LogP) is 2.84. The first-order valence-electron chi connectivity index (χ1n) is 7.62. The van der Waals surface area contributed by atoms with E-state index in [2.05, 4.69) is 5.10 Å². The van der Waals surface area contributed by atoms with Gasteiger partial charge >= 0.3 is 0 Å². The van der Waals surface area contributed by atoms with E-state index in [9.17, 15) is 10.1 Å². The number of rotatable bonds is 5. The normalized spacial score (nSPS) is 16.5. The van der Waals surface area contributed by atoms with Crippen molar-refractivity contribution in [3.63, 3.8) is 0 Å². The number of hydrogen-bond acceptors (Lipinski definition) is 7. The molecule has 8 heteroatoms. The van der Waals surface area contributed by atoms with Crippen molar-refractivity contribution < 1.29 is 14.4 Å². The lowest BCUT2D eigenvalue weighted by molar-refractivity contribution is -0.384. The monoisotopic (exact) mass is 342 g/mol. The second-order valence-corrected chi connectivity index (χ2v) is 5.54. The molecule has 0 aliphatic carbocycles. The quantitative estimate of drug-likeness (QED) is 0.662. The standard InChI is InChI=1S/C17H18N4O4/c1-24-15-8-3-11(9-16(15)25-2)14-10-17(18)19-20(14)12-4-6-13(7-5-12)21(22)23/h3-9,14H,10H2,1-2H3,(H2,18,19). The van der Waals surface area contributed by atoms with Crippen LogP contribution in [-0.4, -0.2) is 25.0 Å². The Hall–Kier alpha value is -3.29. The molecule has 2 aromatic carbocycles. The number of amidine groups is 1. The summed E-state index contributed by atoms with van der Waals surface area (Å²) in [6, 6.07) is 11.7. The van der Waals surface area contributed by atoms with Crippen LogP contribution in [-0.2, 0) is 0 Å². The van der Waals surface area contributed by atoms with Gasteiger partial charge in [0.15, 0.2) is 11.5 Å². The summed E-state index contributed by atoms with van der Waals surface area (Å²) in [6.45, 7) is 0. The highest BCUT2D eigenvalue weighted by molar-refractivity contribution is 5.85. The molecule has 0 radical (unpaired) electrons. The summed E-state index contributed by atoms with van der Waals surface area (Å²) in [5.74, 6) is 1.76. The molecule has 0 bridgehead atoms. The van der Waals surface area contributed by atoms with Crippen molar-refractivity contribution in [1.29, 1.82) is 0 Å². The number of methoxy groups -OCH3 is 2. The number of anilines is 1. The molecule has 25 heavy (non-hydrogen) atoms. The number of hydrogen-bond donors (Lipinski definition) is 1. The smallest absolute Gasteiger partial charge is 0.269 e. The molecule has 8 nitrogen and oxygen atoms in total. The van der Waals surface area contributed by atoms with Crippen LogP contribution < -0.4 is 20.2 Å². The van der Waals surface area contributed by atoms with Crippen molar-refractivity contribution in [3.8, 4) is 11.5 Å². The number of non-ortho nitro benzene ring substituents is 1. The fourth-order valence-electron chi connectivity index (χ4n) is 2.82. The number of nitro groups is 1. The van der Waals surface area contributed by atoms with Gasteiger partial charge in [-0.05, 0) is 29.8 Å². The van der Waals surface area contributed by atoms with Gasteiger partial charge in [-0.25, -0.2) is 0 Å². The van der Waals surface area contributed by atoms with E-state index in [1.54, 1.807) is 31.4 Å². The van der Waals surface area contributed by atoms with Crippen molar-refractivity contribution in [2.45, 2.75) is 12.5 Å². The van der Waals surface area contributed by atoms with Crippen LogP contribution in [0.4, 0.5) is 11.4 Å². The molecule has 0 amide bonds. The molecule has 1 heterocycles. The molecule has 1 atom stereocenters. The molecule has 1 aliphatic rings. The maximum absolute atomic E-state index is 10.8. The lowest BCUT2D eigenvalue weighted by Crippen LogP contribution is -2.18. The van der Waals surface area contributed by atoms with E-state index in [0.717, 1.165) is 11.3 Å². The third-order valence-corrected chi connectivity index (χ3v) is 4.05. The highest BCUT2D eigenvalue weighted by atomic mass is 16.6. The van der Waals surface area contributed by atoms with Gasteiger partial charge in [-0.2, -0.15) is 5.10 Å². The van der Waals surface area contributed by atoms with Gasteiger partial charge in [-0.3, -0.25) is 15.1 Å². The highest BCUT2D eigenvalue weighted by Crippen LogP contribution is 2.38. The molecule has 3 rings (SSSR count). The zero-order chi connectivity index (χ0) is 18.0. The molecule has 0 spiro atoms. The number of hydrazone groups is 1. The molecule has 2 aromatic rings. The summed E-state index contributed by atoms with van der Waals surface area (Å²) in [5, 5.41) is 17.0. The Labute approximate surface area is 144 Å². The Morgan fingerprint density at radius 3 is 2.44 bits per heavy atom. The maximum Gasteiger partial charge on any atom is 0.269 e. The maximum atomic E-state index is 10.8. The molecule has 1 aliphatic heterocycles. The average molecular weight is 342 g/mol. The Kier molecular flexibility index (Phi) is 4.42. The van der Waals surface area contributed by atoms with Gasteiger partial charge < -0.3 is 15.2 Å². The Morgan fingerprint density at radius 2 is 1.84 bits per heavy atom. The Balaban J connectivity index is 1.94. The number of ether oxygens (including phenoxy) is 2. The van der Waals surface area contributed by atoms with Crippen LogP contribution in [0.3, 0.4) is 0 Å². The highest BCUT2D eigenvalue weighted by Gasteiger charge is 2.29. The Morgan fingerprint density at radius 1 is 1.16 bits per heavy atom. The number of nitro benzene ring substituents is 1. The number of nitrogens with two attached hydrogens (primary N) is 1. The van der Waals surface area contributed by atoms with Crippen molar-refractivity contribution in [2.24, 2.45) is 10.8 Å². The molecule has 0 saturated carbocycles. The third-order valence-electron chi connectivity index (χ3n) is 4.05. The first-order valence-corrected chi connectivity index (χ1v) is 7.62. The van der Waals surface area contributed by atoms with E-state index in [-0.39, 0.29) is 11.7 Å². The minimum absolute atomic E-state index is 0.0302. The van der Waals surface area contributed by atoms with E-state index in [1.807, 2.05) is 18.2 Å². The van der Waals surface area contributed by atoms with Gasteiger partial charge in [-0.1, -0.05) is 6.07 Å². The minimum Gasteiger partial charge on any atom is -0.493 e. The van der Waals surface area contributed by atoms with Gasteiger partial charge in [0.1, 0.15) is 5.84 Å². The summed E-state index contributed by atoms with van der Waals surface area (Å²) in [7, 11) is 3.16. The van der Waals surface area contributed by atoms with Gasteiger partial charge in [-0.15, -0.1) is 0 Å². The molecule has 0 fully saturated rings. The fourth-order valence-corrected chi connectivity index (χ4v) is 2.82. The molecule has 130 valence electrons. The van der Waals surface area contributed by atoms with Crippen LogP contribution >= 0.6 is 0 Å². The molecular weight excluding hydrogens is 324 g/mol. The second-order valence-electron chi connectivity index (χ2n) is 5.54. The van der Waals surface area contributed by atoms with Crippen LogP contribution in [0.15, 0.2) is 47.6 Å². The lowest BCUT2D eigenvalue weighted by atomic mass is 10.0. The summed E-state index contributed by atoms with van der Waals surface area (Å²) < 4.78 is 10.6. The zero-order valence-electron chi connectivity index (χ0n) is 13.9. The topological polar surface area (TPSA) is 103 Å². The average Bonchev–Trinajstić information content (AvgIpc) is 3.03. The predicted molar refractivity (Wildman–Crippen MR) is 94.1 cm³/mol. The lowest BCUT2D eigenvalue weighted by Gasteiger charge is -2.24. The molecular formula is C17H18N4O4. The summed E-state index contributed by atoms with van der Waals surface area (Å²) in [5.41, 5.74) is 7.66. The van der Waals surface area contributed by atoms with Crippen molar-refractivity contribution >= 4 is 17.2 Å². The van der Waals surface area contributed by atoms with E-state index in [1.165, 1.54) is 12.1 Å². The molecule has 0 aromatic heterocycles. The largest absolute Gasteiger partial charge is 0.493 e. The summed E-state index contributed by atoms with van der Waals surface area (Å²) >= 11 is 0. The van der Waals surface area contributed by atoms with E-state index >= 15 is 0 Å².